The van der Waals surface area contributed by atoms with Crippen molar-refractivity contribution in [3.63, 3.8) is 0 Å². The zero-order valence-corrected chi connectivity index (χ0v) is 24.9. The molecule has 0 saturated heterocycles. The van der Waals surface area contributed by atoms with Gasteiger partial charge in [0.2, 0.25) is 0 Å². The third-order valence-electron chi connectivity index (χ3n) is 7.52. The predicted molar refractivity (Wildman–Crippen MR) is 170 cm³/mol. The van der Waals surface area contributed by atoms with Crippen molar-refractivity contribution in [3.8, 4) is 0 Å². The second-order valence-electron chi connectivity index (χ2n) is 10.6. The van der Waals surface area contributed by atoms with Crippen LogP contribution in [-0.2, 0) is 0 Å². The van der Waals surface area contributed by atoms with Gasteiger partial charge in [0.1, 0.15) is 0 Å². The first-order chi connectivity index (χ1) is 19.0. The summed E-state index contributed by atoms with van der Waals surface area (Å²) in [6.45, 7) is 8.69. The van der Waals surface area contributed by atoms with E-state index in [0.717, 1.165) is 0 Å². The van der Waals surface area contributed by atoms with Crippen LogP contribution in [-0.4, -0.2) is 14.7 Å². The van der Waals surface area contributed by atoms with Crippen LogP contribution < -0.4 is 4.35 Å². The van der Waals surface area contributed by atoms with E-state index in [2.05, 4.69) is 155 Å². The van der Waals surface area contributed by atoms with Crippen LogP contribution >= 0.6 is 0 Å². The summed E-state index contributed by atoms with van der Waals surface area (Å²) in [5.74, 6) is 0. The molecule has 1 heteroatoms. The average Bonchev–Trinajstić information content (AvgIpc) is 3.31. The fraction of sp³-hybridized carbons (Fsp3) is 0.105. The summed E-state index contributed by atoms with van der Waals surface area (Å²) in [6, 6.07) is 48.0. The third-order valence-corrected chi connectivity index (χ3v) is 13.1. The van der Waals surface area contributed by atoms with Gasteiger partial charge in [0.15, 0.2) is 0 Å². The van der Waals surface area contributed by atoms with E-state index in [9.17, 15) is 0 Å². The van der Waals surface area contributed by atoms with Gasteiger partial charge in [-0.15, -0.1) is 0 Å². The topological polar surface area (TPSA) is 0 Å². The molecule has 0 radical (unpaired) electrons. The van der Waals surface area contributed by atoms with Crippen LogP contribution in [0.4, 0.5) is 0 Å². The maximum atomic E-state index is 2.35. The van der Waals surface area contributed by atoms with Crippen molar-refractivity contribution in [2.45, 2.75) is 27.7 Å². The van der Waals surface area contributed by atoms with Gasteiger partial charge in [0.05, 0.1) is 0 Å². The van der Waals surface area contributed by atoms with Crippen molar-refractivity contribution in [3.05, 3.63) is 172 Å². The number of aryl methyl sites for hydroxylation is 4. The third kappa shape index (κ3) is 4.98. The fourth-order valence-electron chi connectivity index (χ4n) is 5.38. The van der Waals surface area contributed by atoms with Crippen LogP contribution in [0.5, 0.6) is 0 Å². The maximum absolute atomic E-state index is 2.35. The summed E-state index contributed by atoms with van der Waals surface area (Å²) in [5, 5.41) is 0. The van der Waals surface area contributed by atoms with E-state index in [-0.39, 0.29) is 0 Å². The van der Waals surface area contributed by atoms with Crippen molar-refractivity contribution >= 4 is 38.9 Å². The number of allylic oxidation sites excluding steroid dienone is 2. The van der Waals surface area contributed by atoms with Crippen molar-refractivity contribution in [2.24, 2.45) is 0 Å². The molecule has 1 heterocycles. The Balaban J connectivity index is 1.77. The van der Waals surface area contributed by atoms with E-state index >= 15 is 0 Å². The molecule has 39 heavy (non-hydrogen) atoms. The molecule has 0 N–H and O–H groups in total. The van der Waals surface area contributed by atoms with Crippen molar-refractivity contribution in [2.75, 3.05) is 0 Å². The Morgan fingerprint density at radius 2 is 0.641 bits per heavy atom. The normalized spacial score (nSPS) is 13.8. The minimum absolute atomic E-state index is 1.28. The zero-order chi connectivity index (χ0) is 26.9. The Bertz CT molecular complexity index is 1560. The standard InChI is InChI=1S/C38H33As/c1-26-10-18-30(19-11-26)35-36(31-20-12-27(2)13-21-31)38(33-24-16-29(4)17-25-33)39(34-8-6-5-7-9-34)37(35)32-22-14-28(3)15-23-32/h5-25H,1-4H3. The number of benzene rings is 5. The molecule has 0 atom stereocenters. The molecule has 0 fully saturated rings. The Morgan fingerprint density at radius 3 is 0.974 bits per heavy atom. The monoisotopic (exact) mass is 564 g/mol. The molecule has 5 aromatic rings. The van der Waals surface area contributed by atoms with E-state index in [0.29, 0.717) is 0 Å². The second-order valence-corrected chi connectivity index (χ2v) is 14.9. The Morgan fingerprint density at radius 1 is 0.333 bits per heavy atom. The van der Waals surface area contributed by atoms with Gasteiger partial charge in [-0.1, -0.05) is 0 Å². The summed E-state index contributed by atoms with van der Waals surface area (Å²) in [5.41, 5.74) is 13.2. The minimum atomic E-state index is -1.97. The second kappa shape index (κ2) is 10.7. The van der Waals surface area contributed by atoms with Crippen molar-refractivity contribution in [1.29, 1.82) is 0 Å². The quantitative estimate of drug-likeness (QED) is 0.187. The average molecular weight is 565 g/mol. The Kier molecular flexibility index (Phi) is 6.99. The molecular weight excluding hydrogens is 531 g/mol. The SMILES string of the molecule is Cc1ccc(C2=C(c3ccc(C)cc3)[As](c3ccccc3)C(c3ccc(C)cc3)=C2c2ccc(C)cc2)cc1. The molecule has 0 amide bonds. The zero-order valence-electron chi connectivity index (χ0n) is 23.1. The van der Waals surface area contributed by atoms with Crippen molar-refractivity contribution < 1.29 is 0 Å². The molecule has 0 aliphatic carbocycles. The molecular formula is C38H33As. The van der Waals surface area contributed by atoms with Gasteiger partial charge in [-0.05, 0) is 0 Å². The molecule has 0 nitrogen and oxygen atoms in total. The van der Waals surface area contributed by atoms with E-state index < -0.39 is 14.7 Å². The fourth-order valence-corrected chi connectivity index (χ4v) is 11.6. The molecule has 6 rings (SSSR count). The summed E-state index contributed by atoms with van der Waals surface area (Å²) in [6.07, 6.45) is 0. The van der Waals surface area contributed by atoms with Crippen LogP contribution in [0.15, 0.2) is 127 Å². The Hall–Kier alpha value is -3.86. The van der Waals surface area contributed by atoms with Gasteiger partial charge in [-0.25, -0.2) is 0 Å². The first kappa shape index (κ1) is 25.4. The Labute approximate surface area is 237 Å². The number of hydrogen-bond donors (Lipinski definition) is 0. The number of hydrogen-bond acceptors (Lipinski definition) is 0. The van der Waals surface area contributed by atoms with E-state index in [1.807, 2.05) is 0 Å². The molecule has 1 aliphatic heterocycles. The molecule has 5 aromatic carbocycles. The van der Waals surface area contributed by atoms with Gasteiger partial charge in [-0.2, -0.15) is 0 Å². The summed E-state index contributed by atoms with van der Waals surface area (Å²) in [4.78, 5) is 0. The van der Waals surface area contributed by atoms with Crippen molar-refractivity contribution in [1.82, 2.24) is 0 Å². The van der Waals surface area contributed by atoms with Gasteiger partial charge < -0.3 is 0 Å². The molecule has 0 unspecified atom stereocenters. The first-order valence-corrected chi connectivity index (χ1v) is 16.4. The van der Waals surface area contributed by atoms with E-state index in [4.69, 9.17) is 0 Å². The summed E-state index contributed by atoms with van der Waals surface area (Å²) < 4.78 is 4.50. The van der Waals surface area contributed by atoms with Crippen LogP contribution in [0, 0.1) is 27.7 Å². The molecule has 0 bridgehead atoms. The van der Waals surface area contributed by atoms with Gasteiger partial charge in [0.25, 0.3) is 0 Å². The van der Waals surface area contributed by atoms with E-state index in [1.165, 1.54) is 68.7 Å². The van der Waals surface area contributed by atoms with Crippen LogP contribution in [0.2, 0.25) is 0 Å². The van der Waals surface area contributed by atoms with Gasteiger partial charge in [0, 0.05) is 0 Å². The van der Waals surface area contributed by atoms with Crippen LogP contribution in [0.1, 0.15) is 44.5 Å². The molecule has 0 aromatic heterocycles. The summed E-state index contributed by atoms with van der Waals surface area (Å²) in [7, 11) is 0. The van der Waals surface area contributed by atoms with Crippen LogP contribution in [0.25, 0.3) is 19.9 Å². The molecule has 0 spiro atoms. The van der Waals surface area contributed by atoms with Gasteiger partial charge in [-0.3, -0.25) is 0 Å². The van der Waals surface area contributed by atoms with Gasteiger partial charge >= 0.3 is 238 Å². The van der Waals surface area contributed by atoms with Crippen LogP contribution in [0.3, 0.4) is 0 Å². The molecule has 0 saturated carbocycles. The van der Waals surface area contributed by atoms with E-state index in [1.54, 1.807) is 0 Å². The number of rotatable bonds is 5. The summed E-state index contributed by atoms with van der Waals surface area (Å²) >= 11 is -1.97. The first-order valence-electron chi connectivity index (χ1n) is 13.6. The predicted octanol–water partition coefficient (Wildman–Crippen LogP) is 8.94. The molecule has 1 aliphatic rings. The molecule has 190 valence electrons.